The lowest BCUT2D eigenvalue weighted by atomic mass is 10.2. The fraction of sp³-hybridized carbons (Fsp3) is 0.222. The average Bonchev–Trinajstić information content (AvgIpc) is 3.38. The van der Waals surface area contributed by atoms with E-state index in [1.54, 1.807) is 30.3 Å². The smallest absolute Gasteiger partial charge is 0.228 e. The highest BCUT2D eigenvalue weighted by Crippen LogP contribution is 2.40. The second kappa shape index (κ2) is 7.65. The number of rotatable bonds is 5. The van der Waals surface area contributed by atoms with E-state index < -0.39 is 0 Å². The van der Waals surface area contributed by atoms with Gasteiger partial charge in [-0.2, -0.15) is 0 Å². The molecule has 2 aromatic rings. The van der Waals surface area contributed by atoms with Gasteiger partial charge in [-0.3, -0.25) is 9.59 Å². The number of halogens is 3. The van der Waals surface area contributed by atoms with Crippen LogP contribution in [0.2, 0.25) is 15.1 Å². The molecular weight excluding hydrogens is 383 g/mol. The molecule has 0 aromatic heterocycles. The molecule has 2 amide bonds. The van der Waals surface area contributed by atoms with Gasteiger partial charge in [-0.05, 0) is 42.3 Å². The highest BCUT2D eigenvalue weighted by atomic mass is 35.5. The van der Waals surface area contributed by atoms with E-state index in [-0.39, 0.29) is 23.7 Å². The van der Waals surface area contributed by atoms with Gasteiger partial charge in [0.05, 0.1) is 22.5 Å². The first-order chi connectivity index (χ1) is 11.9. The van der Waals surface area contributed by atoms with Crippen LogP contribution in [0.3, 0.4) is 0 Å². The number of anilines is 1. The van der Waals surface area contributed by atoms with Crippen molar-refractivity contribution in [2.24, 2.45) is 11.8 Å². The first-order valence-electron chi connectivity index (χ1n) is 7.72. The SMILES string of the molecule is O=C(NCc1ccc(Cl)cc1)C1CC1C(=O)Nc1cc(Cl)ccc1Cl. The molecular formula is C18H15Cl3N2O2. The maximum atomic E-state index is 12.3. The molecule has 0 aliphatic heterocycles. The first kappa shape index (κ1) is 18.1. The average molecular weight is 398 g/mol. The Kier molecular flexibility index (Phi) is 5.52. The number of amides is 2. The molecule has 0 spiro atoms. The van der Waals surface area contributed by atoms with Crippen LogP contribution in [0.5, 0.6) is 0 Å². The van der Waals surface area contributed by atoms with Crippen LogP contribution in [0, 0.1) is 11.8 Å². The topological polar surface area (TPSA) is 58.2 Å². The zero-order valence-corrected chi connectivity index (χ0v) is 15.3. The molecule has 1 aliphatic carbocycles. The predicted molar refractivity (Wildman–Crippen MR) is 100.0 cm³/mol. The van der Waals surface area contributed by atoms with Crippen molar-refractivity contribution >= 4 is 52.3 Å². The third-order valence-corrected chi connectivity index (χ3v) is 4.85. The summed E-state index contributed by atoms with van der Waals surface area (Å²) in [6.07, 6.45) is 0.524. The number of benzene rings is 2. The highest BCUT2D eigenvalue weighted by molar-refractivity contribution is 6.35. The van der Waals surface area contributed by atoms with Crippen LogP contribution in [-0.4, -0.2) is 11.8 Å². The lowest BCUT2D eigenvalue weighted by Crippen LogP contribution is -2.27. The minimum atomic E-state index is -0.347. The zero-order valence-electron chi connectivity index (χ0n) is 13.1. The van der Waals surface area contributed by atoms with E-state index in [2.05, 4.69) is 10.6 Å². The second-order valence-electron chi connectivity index (χ2n) is 5.91. The summed E-state index contributed by atoms with van der Waals surface area (Å²) in [5.41, 5.74) is 1.40. The molecule has 0 radical (unpaired) electrons. The minimum absolute atomic E-state index is 0.132. The van der Waals surface area contributed by atoms with Crippen LogP contribution < -0.4 is 10.6 Å². The van der Waals surface area contributed by atoms with E-state index >= 15 is 0 Å². The molecule has 0 heterocycles. The third kappa shape index (κ3) is 4.66. The van der Waals surface area contributed by atoms with Gasteiger partial charge in [-0.15, -0.1) is 0 Å². The molecule has 2 N–H and O–H groups in total. The van der Waals surface area contributed by atoms with Gasteiger partial charge in [0.2, 0.25) is 11.8 Å². The van der Waals surface area contributed by atoms with Crippen molar-refractivity contribution in [2.45, 2.75) is 13.0 Å². The van der Waals surface area contributed by atoms with Gasteiger partial charge in [0.1, 0.15) is 0 Å². The molecule has 1 fully saturated rings. The minimum Gasteiger partial charge on any atom is -0.352 e. The van der Waals surface area contributed by atoms with Crippen molar-refractivity contribution < 1.29 is 9.59 Å². The summed E-state index contributed by atoms with van der Waals surface area (Å²) in [6.45, 7) is 0.404. The van der Waals surface area contributed by atoms with Crippen molar-refractivity contribution in [3.8, 4) is 0 Å². The Morgan fingerprint density at radius 3 is 2.28 bits per heavy atom. The normalized spacial score (nSPS) is 18.5. The van der Waals surface area contributed by atoms with Crippen molar-refractivity contribution in [2.75, 3.05) is 5.32 Å². The van der Waals surface area contributed by atoms with Crippen LogP contribution in [0.1, 0.15) is 12.0 Å². The summed E-state index contributed by atoms with van der Waals surface area (Å²) in [4.78, 5) is 24.4. The Labute approximate surface area is 160 Å². The monoisotopic (exact) mass is 396 g/mol. The summed E-state index contributed by atoms with van der Waals surface area (Å²) < 4.78 is 0. The van der Waals surface area contributed by atoms with E-state index in [9.17, 15) is 9.59 Å². The fourth-order valence-corrected chi connectivity index (χ4v) is 2.98. The summed E-state index contributed by atoms with van der Waals surface area (Å²) in [6, 6.07) is 12.1. The Balaban J connectivity index is 1.51. The van der Waals surface area contributed by atoms with Crippen LogP contribution in [0.25, 0.3) is 0 Å². The molecule has 2 unspecified atom stereocenters. The second-order valence-corrected chi connectivity index (χ2v) is 7.19. The van der Waals surface area contributed by atoms with Crippen LogP contribution in [-0.2, 0) is 16.1 Å². The molecule has 25 heavy (non-hydrogen) atoms. The summed E-state index contributed by atoms with van der Waals surface area (Å²) in [5.74, 6) is -1.02. The Bertz CT molecular complexity index is 808. The van der Waals surface area contributed by atoms with Crippen molar-refractivity contribution in [3.63, 3.8) is 0 Å². The third-order valence-electron chi connectivity index (χ3n) is 4.03. The number of carbonyl (C=O) groups is 2. The highest BCUT2D eigenvalue weighted by Gasteiger charge is 2.48. The molecule has 0 saturated heterocycles. The van der Waals surface area contributed by atoms with E-state index in [1.807, 2.05) is 12.1 Å². The molecule has 1 aliphatic rings. The molecule has 2 aromatic carbocycles. The van der Waals surface area contributed by atoms with Crippen LogP contribution in [0.15, 0.2) is 42.5 Å². The molecule has 4 nitrogen and oxygen atoms in total. The largest absolute Gasteiger partial charge is 0.352 e. The maximum Gasteiger partial charge on any atom is 0.228 e. The number of nitrogens with one attached hydrogen (secondary N) is 2. The summed E-state index contributed by atoms with van der Waals surface area (Å²) in [5, 5.41) is 7.10. The van der Waals surface area contributed by atoms with Gasteiger partial charge in [-0.1, -0.05) is 46.9 Å². The fourth-order valence-electron chi connectivity index (χ4n) is 2.52. The van der Waals surface area contributed by atoms with Crippen molar-refractivity contribution in [3.05, 3.63) is 63.1 Å². The molecule has 3 rings (SSSR count). The Morgan fingerprint density at radius 1 is 0.920 bits per heavy atom. The molecule has 7 heteroatoms. The summed E-state index contributed by atoms with van der Waals surface area (Å²) in [7, 11) is 0. The van der Waals surface area contributed by atoms with Crippen LogP contribution in [0.4, 0.5) is 5.69 Å². The maximum absolute atomic E-state index is 12.3. The summed E-state index contributed by atoms with van der Waals surface area (Å²) >= 11 is 17.8. The number of hydrogen-bond acceptors (Lipinski definition) is 2. The van der Waals surface area contributed by atoms with Gasteiger partial charge < -0.3 is 10.6 Å². The van der Waals surface area contributed by atoms with Gasteiger partial charge in [0.15, 0.2) is 0 Å². The van der Waals surface area contributed by atoms with E-state index in [0.717, 1.165) is 5.56 Å². The Hall–Kier alpha value is -1.75. The number of carbonyl (C=O) groups excluding carboxylic acids is 2. The lowest BCUT2D eigenvalue weighted by Gasteiger charge is -2.08. The van der Waals surface area contributed by atoms with Gasteiger partial charge in [0.25, 0.3) is 0 Å². The molecule has 1 saturated carbocycles. The van der Waals surface area contributed by atoms with Gasteiger partial charge in [-0.25, -0.2) is 0 Å². The van der Waals surface area contributed by atoms with E-state index in [1.165, 1.54) is 0 Å². The van der Waals surface area contributed by atoms with Gasteiger partial charge >= 0.3 is 0 Å². The first-order valence-corrected chi connectivity index (χ1v) is 8.85. The standard InChI is InChI=1S/C18H15Cl3N2O2/c19-11-3-1-10(2-4-11)9-22-17(24)13-8-14(13)18(25)23-16-7-12(20)5-6-15(16)21/h1-7,13-14H,8-9H2,(H,22,24)(H,23,25). The van der Waals surface area contributed by atoms with E-state index in [0.29, 0.717) is 33.7 Å². The van der Waals surface area contributed by atoms with Crippen molar-refractivity contribution in [1.29, 1.82) is 0 Å². The van der Waals surface area contributed by atoms with Gasteiger partial charge in [0, 0.05) is 16.6 Å². The quantitative estimate of drug-likeness (QED) is 0.778. The van der Waals surface area contributed by atoms with Crippen molar-refractivity contribution in [1.82, 2.24) is 5.32 Å². The molecule has 0 bridgehead atoms. The van der Waals surface area contributed by atoms with E-state index in [4.69, 9.17) is 34.8 Å². The Morgan fingerprint density at radius 2 is 1.56 bits per heavy atom. The molecule has 2 atom stereocenters. The van der Waals surface area contributed by atoms with Crippen LogP contribution >= 0.6 is 34.8 Å². The zero-order chi connectivity index (χ0) is 18.0. The lowest BCUT2D eigenvalue weighted by molar-refractivity contribution is -0.125. The molecule has 130 valence electrons. The predicted octanol–water partition coefficient (Wildman–Crippen LogP) is 4.54. The number of hydrogen-bond donors (Lipinski definition) is 2.